The first-order valence-electron chi connectivity index (χ1n) is 7.95. The maximum atomic E-state index is 11.8. The van der Waals surface area contributed by atoms with Crippen molar-refractivity contribution in [2.75, 3.05) is 19.0 Å². The van der Waals surface area contributed by atoms with Gasteiger partial charge in [-0.15, -0.1) is 0 Å². The number of nitrogens with zero attached hydrogens (tertiary/aromatic N) is 1. The lowest BCUT2D eigenvalue weighted by molar-refractivity contribution is -0.119. The van der Waals surface area contributed by atoms with Crippen molar-refractivity contribution in [1.29, 1.82) is 0 Å². The van der Waals surface area contributed by atoms with Gasteiger partial charge >= 0.3 is 0 Å². The Balaban J connectivity index is 1.44. The normalized spacial score (nSPS) is 19.2. The smallest absolute Gasteiger partial charge is 0.259 e. The quantitative estimate of drug-likeness (QED) is 0.605. The summed E-state index contributed by atoms with van der Waals surface area (Å²) in [6.07, 6.45) is 2.69. The fourth-order valence-electron chi connectivity index (χ4n) is 2.48. The van der Waals surface area contributed by atoms with Crippen LogP contribution >= 0.6 is 0 Å². The van der Waals surface area contributed by atoms with Gasteiger partial charge in [0, 0.05) is 17.7 Å². The highest BCUT2D eigenvalue weighted by molar-refractivity contribution is 5.83. The van der Waals surface area contributed by atoms with Crippen LogP contribution in [0.5, 0.6) is 5.75 Å². The van der Waals surface area contributed by atoms with E-state index in [0.717, 1.165) is 17.2 Å². The van der Waals surface area contributed by atoms with Crippen LogP contribution in [0.3, 0.4) is 0 Å². The molecular formula is C18H21N3O3. The van der Waals surface area contributed by atoms with E-state index >= 15 is 0 Å². The highest BCUT2D eigenvalue weighted by Crippen LogP contribution is 2.47. The van der Waals surface area contributed by atoms with Gasteiger partial charge in [-0.25, -0.2) is 5.43 Å². The topological polar surface area (TPSA) is 75.9 Å². The predicted octanol–water partition coefficient (Wildman–Crippen LogP) is 2.97. The molecule has 24 heavy (non-hydrogen) atoms. The lowest BCUT2D eigenvalue weighted by atomic mass is 10.3. The molecule has 2 aromatic rings. The lowest BCUT2D eigenvalue weighted by Gasteiger charge is -2.06. The molecule has 1 saturated carbocycles. The van der Waals surface area contributed by atoms with Crippen LogP contribution in [0.4, 0.5) is 5.69 Å². The molecule has 0 saturated heterocycles. The Labute approximate surface area is 140 Å². The summed E-state index contributed by atoms with van der Waals surface area (Å²) in [7, 11) is 1.60. The summed E-state index contributed by atoms with van der Waals surface area (Å²) in [5.41, 5.74) is 3.28. The summed E-state index contributed by atoms with van der Waals surface area (Å²) < 4.78 is 10.8. The molecule has 1 aliphatic carbocycles. The summed E-state index contributed by atoms with van der Waals surface area (Å²) >= 11 is 0. The Bertz CT molecular complexity index is 739. The molecule has 0 unspecified atom stereocenters. The fourth-order valence-corrected chi connectivity index (χ4v) is 2.48. The van der Waals surface area contributed by atoms with E-state index in [4.69, 9.17) is 9.15 Å². The molecule has 0 bridgehead atoms. The maximum absolute atomic E-state index is 11.8. The number of nitrogens with one attached hydrogen (secondary N) is 2. The first-order valence-corrected chi connectivity index (χ1v) is 7.95. The second-order valence-corrected chi connectivity index (χ2v) is 5.94. The molecule has 126 valence electrons. The van der Waals surface area contributed by atoms with Crippen LogP contribution in [0.2, 0.25) is 0 Å². The Morgan fingerprint density at radius 2 is 2.25 bits per heavy atom. The van der Waals surface area contributed by atoms with Crippen molar-refractivity contribution in [3.8, 4) is 5.75 Å². The van der Waals surface area contributed by atoms with E-state index in [1.54, 1.807) is 7.11 Å². The number of hydrogen-bond acceptors (Lipinski definition) is 5. The van der Waals surface area contributed by atoms with Crippen LogP contribution in [-0.4, -0.2) is 25.8 Å². The first kappa shape index (κ1) is 16.1. The van der Waals surface area contributed by atoms with Gasteiger partial charge in [0.2, 0.25) is 0 Å². The second-order valence-electron chi connectivity index (χ2n) is 5.94. The van der Waals surface area contributed by atoms with Crippen molar-refractivity contribution < 1.29 is 13.9 Å². The molecule has 0 aliphatic heterocycles. The third-order valence-corrected chi connectivity index (χ3v) is 4.03. The third-order valence-electron chi connectivity index (χ3n) is 4.03. The highest BCUT2D eigenvalue weighted by atomic mass is 16.5. The Hall–Kier alpha value is -2.76. The Morgan fingerprint density at radius 3 is 3.00 bits per heavy atom. The van der Waals surface area contributed by atoms with E-state index < -0.39 is 0 Å². The fraction of sp³-hybridized carbons (Fsp3) is 0.333. The zero-order valence-electron chi connectivity index (χ0n) is 13.8. The van der Waals surface area contributed by atoms with Gasteiger partial charge in [-0.2, -0.15) is 5.10 Å². The number of benzene rings is 1. The minimum Gasteiger partial charge on any atom is -0.497 e. The molecule has 1 heterocycles. The van der Waals surface area contributed by atoms with Gasteiger partial charge in [0.1, 0.15) is 17.3 Å². The van der Waals surface area contributed by atoms with Crippen LogP contribution < -0.4 is 15.5 Å². The first-order chi connectivity index (χ1) is 11.7. The van der Waals surface area contributed by atoms with E-state index in [0.29, 0.717) is 17.6 Å². The average Bonchev–Trinajstić information content (AvgIpc) is 3.14. The van der Waals surface area contributed by atoms with Gasteiger partial charge in [-0.05, 0) is 36.6 Å². The molecule has 1 aromatic heterocycles. The molecule has 3 rings (SSSR count). The molecule has 6 nitrogen and oxygen atoms in total. The molecule has 2 N–H and O–H groups in total. The average molecular weight is 327 g/mol. The number of anilines is 1. The molecule has 0 radical (unpaired) electrons. The van der Waals surface area contributed by atoms with Crippen LogP contribution in [0.15, 0.2) is 45.9 Å². The predicted molar refractivity (Wildman–Crippen MR) is 92.5 cm³/mol. The molecule has 2 atom stereocenters. The molecule has 1 fully saturated rings. The van der Waals surface area contributed by atoms with Crippen molar-refractivity contribution in [2.45, 2.75) is 19.3 Å². The molecule has 1 aliphatic rings. The summed E-state index contributed by atoms with van der Waals surface area (Å²) in [6.45, 7) is 2.32. The van der Waals surface area contributed by atoms with Crippen LogP contribution in [0, 0.1) is 5.92 Å². The van der Waals surface area contributed by atoms with E-state index in [9.17, 15) is 4.79 Å². The van der Waals surface area contributed by atoms with E-state index in [-0.39, 0.29) is 12.5 Å². The second kappa shape index (κ2) is 7.21. The van der Waals surface area contributed by atoms with Crippen molar-refractivity contribution in [3.05, 3.63) is 47.9 Å². The minimum absolute atomic E-state index is 0.119. The highest BCUT2D eigenvalue weighted by Gasteiger charge is 2.36. The largest absolute Gasteiger partial charge is 0.497 e. The number of amides is 1. The lowest BCUT2D eigenvalue weighted by Crippen LogP contribution is -2.25. The number of ether oxygens (including phenoxy) is 1. The van der Waals surface area contributed by atoms with Gasteiger partial charge in [-0.3, -0.25) is 4.79 Å². The van der Waals surface area contributed by atoms with Crippen molar-refractivity contribution in [2.24, 2.45) is 11.0 Å². The number of carbonyl (C=O) groups is 1. The molecule has 1 amide bonds. The number of methoxy groups -OCH3 is 1. The van der Waals surface area contributed by atoms with Gasteiger partial charge < -0.3 is 14.5 Å². The summed E-state index contributed by atoms with van der Waals surface area (Å²) in [6, 6.07) is 11.2. The summed E-state index contributed by atoms with van der Waals surface area (Å²) in [5, 5.41) is 6.93. The number of rotatable bonds is 7. The van der Waals surface area contributed by atoms with Gasteiger partial charge in [0.25, 0.3) is 5.91 Å². The van der Waals surface area contributed by atoms with Gasteiger partial charge in [0.15, 0.2) is 0 Å². The van der Waals surface area contributed by atoms with E-state index in [1.807, 2.05) is 36.4 Å². The zero-order valence-corrected chi connectivity index (χ0v) is 13.8. The van der Waals surface area contributed by atoms with Gasteiger partial charge in [0.05, 0.1) is 19.9 Å². The maximum Gasteiger partial charge on any atom is 0.259 e. The Kier molecular flexibility index (Phi) is 4.84. The third kappa shape index (κ3) is 4.16. The van der Waals surface area contributed by atoms with Crippen molar-refractivity contribution in [3.63, 3.8) is 0 Å². The number of hydrazone groups is 1. The number of carbonyl (C=O) groups excluding carboxylic acids is 1. The zero-order chi connectivity index (χ0) is 16.9. The molecule has 1 aromatic carbocycles. The number of furan rings is 1. The SMILES string of the molecule is COc1cccc(NCC(=O)N/N=C\c2ccc([C@@H]3C[C@@H]3C)o2)c1. The molecule has 0 spiro atoms. The summed E-state index contributed by atoms with van der Waals surface area (Å²) in [4.78, 5) is 11.8. The number of hydrogen-bond donors (Lipinski definition) is 2. The van der Waals surface area contributed by atoms with Crippen molar-refractivity contribution >= 4 is 17.8 Å². The van der Waals surface area contributed by atoms with E-state index in [2.05, 4.69) is 22.8 Å². The summed E-state index contributed by atoms with van der Waals surface area (Å²) in [5.74, 6) is 3.37. The van der Waals surface area contributed by atoms with Crippen LogP contribution in [-0.2, 0) is 4.79 Å². The van der Waals surface area contributed by atoms with Crippen LogP contribution in [0.25, 0.3) is 0 Å². The van der Waals surface area contributed by atoms with E-state index in [1.165, 1.54) is 12.6 Å². The molecular weight excluding hydrogens is 306 g/mol. The Morgan fingerprint density at radius 1 is 1.42 bits per heavy atom. The monoisotopic (exact) mass is 327 g/mol. The molecule has 6 heteroatoms. The van der Waals surface area contributed by atoms with Crippen molar-refractivity contribution in [1.82, 2.24) is 5.43 Å². The van der Waals surface area contributed by atoms with Crippen LogP contribution in [0.1, 0.15) is 30.8 Å². The van der Waals surface area contributed by atoms with Gasteiger partial charge in [-0.1, -0.05) is 13.0 Å². The minimum atomic E-state index is -0.239. The standard InChI is InChI=1S/C18H21N3O3/c1-12-8-16(12)17-7-6-15(24-17)10-20-21-18(22)11-19-13-4-3-5-14(9-13)23-2/h3-7,9-10,12,16,19H,8,11H2,1-2H3,(H,21,22)/b20-10-/t12-,16+/m0/s1.